The summed E-state index contributed by atoms with van der Waals surface area (Å²) in [7, 11) is 1.83. The minimum absolute atomic E-state index is 0.133. The normalized spacial score (nSPS) is 11.4. The Morgan fingerprint density at radius 2 is 2.11 bits per heavy atom. The lowest BCUT2D eigenvalue weighted by Gasteiger charge is -2.21. The first-order valence-corrected chi connectivity index (χ1v) is 6.84. The molecule has 0 bridgehead atoms. The van der Waals surface area contributed by atoms with Gasteiger partial charge in [-0.3, -0.25) is 4.79 Å². The predicted octanol–water partition coefficient (Wildman–Crippen LogP) is 2.93. The predicted molar refractivity (Wildman–Crippen MR) is 78.1 cm³/mol. The molecule has 0 saturated carbocycles. The molecular weight excluding hydrogens is 292 g/mol. The first-order valence-electron chi connectivity index (χ1n) is 6.05. The van der Waals surface area contributed by atoms with Crippen molar-refractivity contribution in [2.45, 2.75) is 38.8 Å². The lowest BCUT2D eigenvalue weighted by molar-refractivity contribution is -0.130. The largest absolute Gasteiger partial charge is 0.341 e. The topological polar surface area (TPSA) is 46.3 Å². The van der Waals surface area contributed by atoms with Crippen molar-refractivity contribution in [1.29, 1.82) is 0 Å². The maximum Gasteiger partial charge on any atom is 0.222 e. The number of amides is 1. The second kappa shape index (κ2) is 6.34. The maximum atomic E-state index is 11.9. The van der Waals surface area contributed by atoms with Crippen LogP contribution in [0.2, 0.25) is 0 Å². The van der Waals surface area contributed by atoms with Crippen LogP contribution in [-0.2, 0) is 11.3 Å². The molecule has 0 aliphatic rings. The molecule has 0 aliphatic heterocycles. The van der Waals surface area contributed by atoms with Gasteiger partial charge in [-0.1, -0.05) is 28.1 Å². The van der Waals surface area contributed by atoms with Gasteiger partial charge in [0.15, 0.2) is 0 Å². The highest BCUT2D eigenvalue weighted by atomic mass is 79.9. The fraction of sp³-hybridized carbons (Fsp3) is 0.500. The Hall–Kier alpha value is -0.870. The minimum atomic E-state index is -0.285. The molecule has 0 fully saturated rings. The molecule has 4 heteroatoms. The van der Waals surface area contributed by atoms with Crippen molar-refractivity contribution in [1.82, 2.24) is 4.90 Å². The number of nitrogens with two attached hydrogens (primary N) is 1. The van der Waals surface area contributed by atoms with Gasteiger partial charge in [-0.25, -0.2) is 0 Å². The van der Waals surface area contributed by atoms with Gasteiger partial charge >= 0.3 is 0 Å². The van der Waals surface area contributed by atoms with Gasteiger partial charge in [0.1, 0.15) is 0 Å². The molecule has 18 heavy (non-hydrogen) atoms. The molecule has 1 rings (SSSR count). The van der Waals surface area contributed by atoms with Crippen LogP contribution in [0.1, 0.15) is 32.3 Å². The van der Waals surface area contributed by atoms with E-state index in [1.54, 1.807) is 4.90 Å². The molecule has 0 heterocycles. The second-order valence-electron chi connectivity index (χ2n) is 5.37. The molecule has 0 radical (unpaired) electrons. The van der Waals surface area contributed by atoms with Crippen LogP contribution >= 0.6 is 15.9 Å². The van der Waals surface area contributed by atoms with E-state index in [1.807, 2.05) is 45.2 Å². The summed E-state index contributed by atoms with van der Waals surface area (Å²) in [4.78, 5) is 13.7. The number of hydrogen-bond acceptors (Lipinski definition) is 2. The Labute approximate surface area is 117 Å². The summed E-state index contributed by atoms with van der Waals surface area (Å²) in [6, 6.07) is 7.99. The van der Waals surface area contributed by atoms with Crippen molar-refractivity contribution in [2.24, 2.45) is 5.73 Å². The van der Waals surface area contributed by atoms with Crippen LogP contribution in [0.4, 0.5) is 0 Å². The van der Waals surface area contributed by atoms with Crippen LogP contribution in [0.3, 0.4) is 0 Å². The highest BCUT2D eigenvalue weighted by Gasteiger charge is 2.15. The molecule has 0 atom stereocenters. The van der Waals surface area contributed by atoms with Gasteiger partial charge in [0, 0.05) is 30.0 Å². The van der Waals surface area contributed by atoms with Crippen LogP contribution < -0.4 is 5.73 Å². The standard InChI is InChI=1S/C14H21BrN2O/c1-14(2,16)8-7-13(18)17(3)10-11-5-4-6-12(15)9-11/h4-6,9H,7-8,10,16H2,1-3H3. The molecule has 1 aromatic rings. The van der Waals surface area contributed by atoms with Gasteiger partial charge in [-0.15, -0.1) is 0 Å². The molecule has 0 spiro atoms. The van der Waals surface area contributed by atoms with Crippen LogP contribution in [0, 0.1) is 0 Å². The molecule has 0 unspecified atom stereocenters. The van der Waals surface area contributed by atoms with Gasteiger partial charge in [-0.05, 0) is 38.0 Å². The summed E-state index contributed by atoms with van der Waals surface area (Å²) < 4.78 is 1.03. The highest BCUT2D eigenvalue weighted by Crippen LogP contribution is 2.14. The number of carbonyl (C=O) groups excluding carboxylic acids is 1. The third-order valence-corrected chi connectivity index (χ3v) is 3.21. The van der Waals surface area contributed by atoms with Crippen molar-refractivity contribution in [3.8, 4) is 0 Å². The van der Waals surface area contributed by atoms with Crippen LogP contribution in [-0.4, -0.2) is 23.4 Å². The van der Waals surface area contributed by atoms with Gasteiger partial charge in [0.2, 0.25) is 5.91 Å². The third kappa shape index (κ3) is 5.65. The average molecular weight is 313 g/mol. The molecular formula is C14H21BrN2O. The van der Waals surface area contributed by atoms with Crippen molar-refractivity contribution in [2.75, 3.05) is 7.05 Å². The number of hydrogen-bond donors (Lipinski definition) is 1. The zero-order chi connectivity index (χ0) is 13.8. The Morgan fingerprint density at radius 1 is 1.44 bits per heavy atom. The zero-order valence-electron chi connectivity index (χ0n) is 11.2. The first kappa shape index (κ1) is 15.2. The summed E-state index contributed by atoms with van der Waals surface area (Å²) in [5, 5.41) is 0. The summed E-state index contributed by atoms with van der Waals surface area (Å²) >= 11 is 3.43. The van der Waals surface area contributed by atoms with Crippen LogP contribution in [0.15, 0.2) is 28.7 Å². The lowest BCUT2D eigenvalue weighted by atomic mass is 10.00. The molecule has 2 N–H and O–H groups in total. The van der Waals surface area contributed by atoms with E-state index >= 15 is 0 Å². The van der Waals surface area contributed by atoms with Crippen molar-refractivity contribution in [3.63, 3.8) is 0 Å². The molecule has 0 saturated heterocycles. The fourth-order valence-electron chi connectivity index (χ4n) is 1.62. The van der Waals surface area contributed by atoms with Gasteiger partial charge in [0.05, 0.1) is 0 Å². The lowest BCUT2D eigenvalue weighted by Crippen LogP contribution is -2.34. The van der Waals surface area contributed by atoms with E-state index in [2.05, 4.69) is 15.9 Å². The molecule has 100 valence electrons. The van der Waals surface area contributed by atoms with E-state index in [0.717, 1.165) is 10.0 Å². The number of carbonyl (C=O) groups is 1. The minimum Gasteiger partial charge on any atom is -0.341 e. The van der Waals surface area contributed by atoms with Crippen LogP contribution in [0.5, 0.6) is 0 Å². The number of benzene rings is 1. The Kier molecular flexibility index (Phi) is 5.35. The summed E-state index contributed by atoms with van der Waals surface area (Å²) in [6.45, 7) is 4.51. The van der Waals surface area contributed by atoms with Crippen molar-refractivity contribution >= 4 is 21.8 Å². The molecule has 0 aliphatic carbocycles. The number of halogens is 1. The average Bonchev–Trinajstić information content (AvgIpc) is 2.24. The van der Waals surface area contributed by atoms with E-state index in [-0.39, 0.29) is 11.4 Å². The fourth-order valence-corrected chi connectivity index (χ4v) is 2.06. The maximum absolute atomic E-state index is 11.9. The molecule has 3 nitrogen and oxygen atoms in total. The van der Waals surface area contributed by atoms with Crippen molar-refractivity contribution in [3.05, 3.63) is 34.3 Å². The monoisotopic (exact) mass is 312 g/mol. The smallest absolute Gasteiger partial charge is 0.222 e. The molecule has 0 aromatic heterocycles. The van der Waals surface area contributed by atoms with E-state index in [1.165, 1.54) is 0 Å². The first-order chi connectivity index (χ1) is 8.28. The third-order valence-electron chi connectivity index (χ3n) is 2.72. The van der Waals surface area contributed by atoms with Gasteiger partial charge in [0.25, 0.3) is 0 Å². The molecule has 1 aromatic carbocycles. The number of rotatable bonds is 5. The Bertz CT molecular complexity index is 413. The summed E-state index contributed by atoms with van der Waals surface area (Å²) in [5.74, 6) is 0.133. The Morgan fingerprint density at radius 3 is 2.67 bits per heavy atom. The van der Waals surface area contributed by atoms with Crippen LogP contribution in [0.25, 0.3) is 0 Å². The molecule has 1 amide bonds. The quantitative estimate of drug-likeness (QED) is 0.908. The summed E-state index contributed by atoms with van der Waals surface area (Å²) in [5.41, 5.74) is 6.71. The van der Waals surface area contributed by atoms with E-state index in [9.17, 15) is 4.79 Å². The SMILES string of the molecule is CN(Cc1cccc(Br)c1)C(=O)CCC(C)(C)N. The zero-order valence-corrected chi connectivity index (χ0v) is 12.8. The van der Waals surface area contributed by atoms with Crippen molar-refractivity contribution < 1.29 is 4.79 Å². The highest BCUT2D eigenvalue weighted by molar-refractivity contribution is 9.10. The Balaban J connectivity index is 2.50. The number of nitrogens with zero attached hydrogens (tertiary/aromatic N) is 1. The van der Waals surface area contributed by atoms with Gasteiger partial charge in [-0.2, -0.15) is 0 Å². The van der Waals surface area contributed by atoms with E-state index < -0.39 is 0 Å². The van der Waals surface area contributed by atoms with E-state index in [0.29, 0.717) is 19.4 Å². The van der Waals surface area contributed by atoms with Gasteiger partial charge < -0.3 is 10.6 Å². The van der Waals surface area contributed by atoms with E-state index in [4.69, 9.17) is 5.73 Å². The second-order valence-corrected chi connectivity index (χ2v) is 6.28. The summed E-state index contributed by atoms with van der Waals surface area (Å²) in [6.07, 6.45) is 1.20.